The maximum atomic E-state index is 12.6. The van der Waals surface area contributed by atoms with Gasteiger partial charge in [0.2, 0.25) is 5.91 Å². The average Bonchev–Trinajstić information content (AvgIpc) is 2.54. The molecule has 0 saturated carbocycles. The molecule has 2 aliphatic heterocycles. The van der Waals surface area contributed by atoms with Crippen molar-refractivity contribution in [1.82, 2.24) is 10.2 Å². The topological polar surface area (TPSA) is 32.3 Å². The summed E-state index contributed by atoms with van der Waals surface area (Å²) in [5.41, 5.74) is -0.286. The molecule has 2 aliphatic rings. The highest BCUT2D eigenvalue weighted by molar-refractivity contribution is 5.86. The van der Waals surface area contributed by atoms with Crippen molar-refractivity contribution in [2.24, 2.45) is 5.92 Å². The van der Waals surface area contributed by atoms with Crippen LogP contribution in [0.2, 0.25) is 0 Å². The van der Waals surface area contributed by atoms with Crippen molar-refractivity contribution >= 4 is 5.91 Å². The molecule has 98 valence electrons. The lowest BCUT2D eigenvalue weighted by Crippen LogP contribution is -2.58. The maximum Gasteiger partial charge on any atom is 0.242 e. The molecule has 1 amide bonds. The molecule has 0 bridgehead atoms. The number of rotatable bonds is 1. The molecule has 2 unspecified atom stereocenters. The standard InChI is InChI=1S/C14H26N2O/c1-12-6-5-10-16(11-7-12)13(17)14(2)8-3-4-9-15-14/h12,15H,3-11H2,1-2H3. The van der Waals surface area contributed by atoms with Gasteiger partial charge in [-0.05, 0) is 57.9 Å². The summed E-state index contributed by atoms with van der Waals surface area (Å²) in [4.78, 5) is 14.7. The number of carbonyl (C=O) groups excluding carboxylic acids is 1. The Balaban J connectivity index is 1.98. The lowest BCUT2D eigenvalue weighted by molar-refractivity contribution is -0.138. The Kier molecular flexibility index (Phi) is 4.08. The minimum Gasteiger partial charge on any atom is -0.341 e. The molecule has 2 fully saturated rings. The molecule has 3 nitrogen and oxygen atoms in total. The predicted octanol–water partition coefficient (Wildman–Crippen LogP) is 2.17. The second-order valence-electron chi connectivity index (χ2n) is 6.04. The smallest absolute Gasteiger partial charge is 0.242 e. The summed E-state index contributed by atoms with van der Waals surface area (Å²) in [6.45, 7) is 7.29. The van der Waals surface area contributed by atoms with E-state index < -0.39 is 0 Å². The van der Waals surface area contributed by atoms with Crippen molar-refractivity contribution in [2.45, 2.75) is 57.9 Å². The van der Waals surface area contributed by atoms with Gasteiger partial charge in [0.25, 0.3) is 0 Å². The molecule has 0 aliphatic carbocycles. The third-order valence-electron chi connectivity index (χ3n) is 4.39. The van der Waals surface area contributed by atoms with Gasteiger partial charge >= 0.3 is 0 Å². The molecule has 0 radical (unpaired) electrons. The van der Waals surface area contributed by atoms with Gasteiger partial charge in [-0.3, -0.25) is 4.79 Å². The van der Waals surface area contributed by atoms with Crippen LogP contribution in [-0.2, 0) is 4.79 Å². The molecule has 1 N–H and O–H groups in total. The highest BCUT2D eigenvalue weighted by atomic mass is 16.2. The van der Waals surface area contributed by atoms with E-state index in [1.807, 2.05) is 0 Å². The van der Waals surface area contributed by atoms with Gasteiger partial charge in [0, 0.05) is 13.1 Å². The number of hydrogen-bond donors (Lipinski definition) is 1. The van der Waals surface area contributed by atoms with Gasteiger partial charge in [-0.15, -0.1) is 0 Å². The zero-order valence-electron chi connectivity index (χ0n) is 11.3. The van der Waals surface area contributed by atoms with Crippen molar-refractivity contribution in [3.05, 3.63) is 0 Å². The summed E-state index contributed by atoms with van der Waals surface area (Å²) in [5.74, 6) is 1.12. The molecule has 0 aromatic heterocycles. The van der Waals surface area contributed by atoms with Gasteiger partial charge < -0.3 is 10.2 Å². The van der Waals surface area contributed by atoms with E-state index in [4.69, 9.17) is 0 Å². The maximum absolute atomic E-state index is 12.6. The molecular weight excluding hydrogens is 212 g/mol. The number of nitrogens with one attached hydrogen (secondary N) is 1. The molecule has 2 atom stereocenters. The van der Waals surface area contributed by atoms with Crippen LogP contribution in [-0.4, -0.2) is 36.0 Å². The van der Waals surface area contributed by atoms with E-state index in [0.717, 1.165) is 32.0 Å². The minimum absolute atomic E-state index is 0.286. The van der Waals surface area contributed by atoms with Gasteiger partial charge in [0.15, 0.2) is 0 Å². The lowest BCUT2D eigenvalue weighted by Gasteiger charge is -2.37. The first-order chi connectivity index (χ1) is 8.12. The van der Waals surface area contributed by atoms with E-state index in [1.165, 1.54) is 32.1 Å². The van der Waals surface area contributed by atoms with E-state index in [-0.39, 0.29) is 5.54 Å². The fourth-order valence-electron chi connectivity index (χ4n) is 3.05. The van der Waals surface area contributed by atoms with Crippen LogP contribution >= 0.6 is 0 Å². The second kappa shape index (κ2) is 5.38. The Bertz CT molecular complexity index is 271. The van der Waals surface area contributed by atoms with Crippen molar-refractivity contribution in [1.29, 1.82) is 0 Å². The van der Waals surface area contributed by atoms with Gasteiger partial charge in [-0.2, -0.15) is 0 Å². The van der Waals surface area contributed by atoms with Crippen LogP contribution < -0.4 is 5.32 Å². The Hall–Kier alpha value is -0.570. The normalized spacial score (nSPS) is 35.4. The highest BCUT2D eigenvalue weighted by Crippen LogP contribution is 2.24. The van der Waals surface area contributed by atoms with Gasteiger partial charge in [-0.1, -0.05) is 6.92 Å². The molecule has 0 spiro atoms. The number of nitrogens with zero attached hydrogens (tertiary/aromatic N) is 1. The van der Waals surface area contributed by atoms with Crippen LogP contribution in [0.3, 0.4) is 0 Å². The number of piperidine rings is 1. The summed E-state index contributed by atoms with van der Waals surface area (Å²) in [6, 6.07) is 0. The minimum atomic E-state index is -0.286. The first-order valence-electron chi connectivity index (χ1n) is 7.16. The zero-order chi connectivity index (χ0) is 12.3. The molecule has 2 saturated heterocycles. The summed E-state index contributed by atoms with van der Waals surface area (Å²) in [7, 11) is 0. The van der Waals surface area contributed by atoms with Gasteiger partial charge in [-0.25, -0.2) is 0 Å². The van der Waals surface area contributed by atoms with Crippen molar-refractivity contribution in [3.8, 4) is 0 Å². The fraction of sp³-hybridized carbons (Fsp3) is 0.929. The van der Waals surface area contributed by atoms with Crippen molar-refractivity contribution in [3.63, 3.8) is 0 Å². The lowest BCUT2D eigenvalue weighted by atomic mass is 9.89. The monoisotopic (exact) mass is 238 g/mol. The van der Waals surface area contributed by atoms with E-state index in [9.17, 15) is 4.79 Å². The highest BCUT2D eigenvalue weighted by Gasteiger charge is 2.37. The third-order valence-corrected chi connectivity index (χ3v) is 4.39. The number of hydrogen-bond acceptors (Lipinski definition) is 2. The second-order valence-corrected chi connectivity index (χ2v) is 6.04. The Morgan fingerprint density at radius 2 is 2.06 bits per heavy atom. The molecular formula is C14H26N2O. The van der Waals surface area contributed by atoms with Crippen LogP contribution in [0.5, 0.6) is 0 Å². The number of amides is 1. The quantitative estimate of drug-likeness (QED) is 0.759. The van der Waals surface area contributed by atoms with E-state index in [0.29, 0.717) is 5.91 Å². The van der Waals surface area contributed by atoms with Crippen molar-refractivity contribution < 1.29 is 4.79 Å². The Morgan fingerprint density at radius 1 is 1.24 bits per heavy atom. The van der Waals surface area contributed by atoms with E-state index >= 15 is 0 Å². The SMILES string of the molecule is CC1CCCN(C(=O)C2(C)CCCCN2)CC1. The first kappa shape index (κ1) is 12.9. The molecule has 0 aromatic rings. The molecule has 2 rings (SSSR count). The van der Waals surface area contributed by atoms with Crippen LogP contribution in [0.15, 0.2) is 0 Å². The van der Waals surface area contributed by atoms with Crippen LogP contribution in [0.25, 0.3) is 0 Å². The number of likely N-dealkylation sites (tertiary alicyclic amines) is 1. The molecule has 3 heteroatoms. The largest absolute Gasteiger partial charge is 0.341 e. The average molecular weight is 238 g/mol. The zero-order valence-corrected chi connectivity index (χ0v) is 11.3. The summed E-state index contributed by atoms with van der Waals surface area (Å²) in [5, 5.41) is 3.43. The molecule has 0 aromatic carbocycles. The first-order valence-corrected chi connectivity index (χ1v) is 7.16. The molecule has 17 heavy (non-hydrogen) atoms. The van der Waals surface area contributed by atoms with Crippen LogP contribution in [0, 0.1) is 5.92 Å². The van der Waals surface area contributed by atoms with E-state index in [2.05, 4.69) is 24.1 Å². The summed E-state index contributed by atoms with van der Waals surface area (Å²) < 4.78 is 0. The Labute approximate surface area is 105 Å². The number of carbonyl (C=O) groups is 1. The Morgan fingerprint density at radius 3 is 2.76 bits per heavy atom. The fourth-order valence-corrected chi connectivity index (χ4v) is 3.05. The van der Waals surface area contributed by atoms with Gasteiger partial charge in [0.05, 0.1) is 5.54 Å². The van der Waals surface area contributed by atoms with Crippen molar-refractivity contribution in [2.75, 3.05) is 19.6 Å². The summed E-state index contributed by atoms with van der Waals surface area (Å²) in [6.07, 6.45) is 7.00. The van der Waals surface area contributed by atoms with Crippen LogP contribution in [0.1, 0.15) is 52.4 Å². The third kappa shape index (κ3) is 3.01. The van der Waals surface area contributed by atoms with E-state index in [1.54, 1.807) is 0 Å². The predicted molar refractivity (Wildman–Crippen MR) is 69.9 cm³/mol. The molecule has 2 heterocycles. The van der Waals surface area contributed by atoms with Crippen LogP contribution in [0.4, 0.5) is 0 Å². The van der Waals surface area contributed by atoms with Gasteiger partial charge in [0.1, 0.15) is 0 Å². The summed E-state index contributed by atoms with van der Waals surface area (Å²) >= 11 is 0.